The molecule has 1 unspecified atom stereocenters. The molecule has 0 radical (unpaired) electrons. The molecule has 0 amide bonds. The van der Waals surface area contributed by atoms with Crippen molar-refractivity contribution >= 4 is 10.8 Å². The van der Waals surface area contributed by atoms with Gasteiger partial charge in [-0.05, 0) is 48.4 Å². The standard InChI is InChI=1S/C16H18O2/c1-4-9-16(2,17)14-7-5-13-11-15(18-3)8-6-12(13)10-14/h4-11,17H,1-3H3. The second-order valence-corrected chi connectivity index (χ2v) is 4.58. The molecule has 2 aromatic carbocycles. The van der Waals surface area contributed by atoms with Gasteiger partial charge in [0.2, 0.25) is 0 Å². The minimum Gasteiger partial charge on any atom is -0.497 e. The quantitative estimate of drug-likeness (QED) is 0.833. The van der Waals surface area contributed by atoms with Crippen LogP contribution in [0.15, 0.2) is 48.6 Å². The van der Waals surface area contributed by atoms with Crippen LogP contribution in [0.25, 0.3) is 10.8 Å². The van der Waals surface area contributed by atoms with Crippen LogP contribution in [0.1, 0.15) is 19.4 Å². The number of hydrogen-bond acceptors (Lipinski definition) is 2. The van der Waals surface area contributed by atoms with Gasteiger partial charge in [0.25, 0.3) is 0 Å². The Kier molecular flexibility index (Phi) is 3.39. The summed E-state index contributed by atoms with van der Waals surface area (Å²) >= 11 is 0. The Morgan fingerprint density at radius 2 is 1.78 bits per heavy atom. The van der Waals surface area contributed by atoms with Crippen molar-refractivity contribution in [3.63, 3.8) is 0 Å². The third-order valence-electron chi connectivity index (χ3n) is 3.12. The van der Waals surface area contributed by atoms with Gasteiger partial charge in [0.05, 0.1) is 7.11 Å². The van der Waals surface area contributed by atoms with Gasteiger partial charge in [-0.2, -0.15) is 0 Å². The molecular formula is C16H18O2. The average Bonchev–Trinajstić information content (AvgIpc) is 2.37. The molecule has 0 bridgehead atoms. The molecule has 1 N–H and O–H groups in total. The van der Waals surface area contributed by atoms with E-state index in [4.69, 9.17) is 4.74 Å². The van der Waals surface area contributed by atoms with Crippen LogP contribution in [0.2, 0.25) is 0 Å². The summed E-state index contributed by atoms with van der Waals surface area (Å²) in [7, 11) is 1.66. The predicted molar refractivity (Wildman–Crippen MR) is 74.9 cm³/mol. The van der Waals surface area contributed by atoms with E-state index in [0.717, 1.165) is 22.1 Å². The van der Waals surface area contributed by atoms with Gasteiger partial charge >= 0.3 is 0 Å². The third-order valence-corrected chi connectivity index (χ3v) is 3.12. The zero-order chi connectivity index (χ0) is 13.2. The lowest BCUT2D eigenvalue weighted by Crippen LogP contribution is -2.17. The van der Waals surface area contributed by atoms with Crippen molar-refractivity contribution < 1.29 is 9.84 Å². The summed E-state index contributed by atoms with van der Waals surface area (Å²) in [4.78, 5) is 0. The fourth-order valence-electron chi connectivity index (χ4n) is 2.09. The van der Waals surface area contributed by atoms with Crippen molar-refractivity contribution in [1.29, 1.82) is 0 Å². The van der Waals surface area contributed by atoms with Gasteiger partial charge in [-0.1, -0.05) is 30.4 Å². The molecule has 0 aliphatic rings. The van der Waals surface area contributed by atoms with E-state index in [-0.39, 0.29) is 0 Å². The van der Waals surface area contributed by atoms with Gasteiger partial charge in [-0.15, -0.1) is 0 Å². The van der Waals surface area contributed by atoms with Crippen LogP contribution in [0.4, 0.5) is 0 Å². The van der Waals surface area contributed by atoms with Gasteiger partial charge in [0.1, 0.15) is 11.4 Å². The van der Waals surface area contributed by atoms with E-state index in [1.807, 2.05) is 49.4 Å². The number of fused-ring (bicyclic) bond motifs is 1. The second-order valence-electron chi connectivity index (χ2n) is 4.58. The van der Waals surface area contributed by atoms with Crippen LogP contribution in [-0.2, 0) is 5.60 Å². The Bertz CT molecular complexity index is 583. The molecule has 0 saturated heterocycles. The number of hydrogen-bond donors (Lipinski definition) is 1. The van der Waals surface area contributed by atoms with E-state index < -0.39 is 5.60 Å². The second kappa shape index (κ2) is 4.83. The molecule has 0 aliphatic heterocycles. The molecule has 18 heavy (non-hydrogen) atoms. The smallest absolute Gasteiger partial charge is 0.119 e. The van der Waals surface area contributed by atoms with E-state index in [0.29, 0.717) is 0 Å². The van der Waals surface area contributed by atoms with Crippen molar-refractivity contribution in [3.05, 3.63) is 54.1 Å². The molecule has 0 aliphatic carbocycles. The van der Waals surface area contributed by atoms with Gasteiger partial charge in [-0.3, -0.25) is 0 Å². The monoisotopic (exact) mass is 242 g/mol. The largest absolute Gasteiger partial charge is 0.497 e. The highest BCUT2D eigenvalue weighted by Crippen LogP contribution is 2.28. The Morgan fingerprint density at radius 3 is 2.44 bits per heavy atom. The molecular weight excluding hydrogens is 224 g/mol. The van der Waals surface area contributed by atoms with E-state index in [1.54, 1.807) is 20.1 Å². The zero-order valence-corrected chi connectivity index (χ0v) is 11.0. The number of benzene rings is 2. The van der Waals surface area contributed by atoms with Crippen molar-refractivity contribution in [2.45, 2.75) is 19.4 Å². The number of ether oxygens (including phenoxy) is 1. The van der Waals surface area contributed by atoms with Gasteiger partial charge < -0.3 is 9.84 Å². The average molecular weight is 242 g/mol. The molecule has 2 rings (SSSR count). The molecule has 0 saturated carbocycles. The molecule has 2 aromatic rings. The first-order chi connectivity index (χ1) is 8.56. The van der Waals surface area contributed by atoms with E-state index in [2.05, 4.69) is 0 Å². The van der Waals surface area contributed by atoms with Crippen LogP contribution in [0.3, 0.4) is 0 Å². The van der Waals surface area contributed by atoms with Crippen LogP contribution < -0.4 is 4.74 Å². The van der Waals surface area contributed by atoms with Crippen molar-refractivity contribution in [1.82, 2.24) is 0 Å². The predicted octanol–water partition coefficient (Wildman–Crippen LogP) is 3.63. The number of rotatable bonds is 3. The summed E-state index contributed by atoms with van der Waals surface area (Å²) in [6.07, 6.45) is 3.65. The molecule has 0 spiro atoms. The summed E-state index contributed by atoms with van der Waals surface area (Å²) in [6, 6.07) is 11.9. The summed E-state index contributed by atoms with van der Waals surface area (Å²) in [5.74, 6) is 0.843. The SMILES string of the molecule is CC=CC(C)(O)c1ccc2cc(OC)ccc2c1. The van der Waals surface area contributed by atoms with Gasteiger partial charge in [0, 0.05) is 0 Å². The highest BCUT2D eigenvalue weighted by molar-refractivity contribution is 5.84. The fourth-order valence-corrected chi connectivity index (χ4v) is 2.09. The lowest BCUT2D eigenvalue weighted by atomic mass is 9.93. The van der Waals surface area contributed by atoms with Crippen LogP contribution in [0, 0.1) is 0 Å². The lowest BCUT2D eigenvalue weighted by Gasteiger charge is -2.20. The third kappa shape index (κ3) is 2.39. The zero-order valence-electron chi connectivity index (χ0n) is 11.0. The first-order valence-electron chi connectivity index (χ1n) is 6.01. The number of methoxy groups -OCH3 is 1. The molecule has 94 valence electrons. The number of aliphatic hydroxyl groups is 1. The minimum atomic E-state index is -0.928. The summed E-state index contributed by atoms with van der Waals surface area (Å²) in [5.41, 5.74) is -0.0404. The van der Waals surface area contributed by atoms with Crippen LogP contribution in [-0.4, -0.2) is 12.2 Å². The molecule has 2 heteroatoms. The minimum absolute atomic E-state index is 0.843. The Hall–Kier alpha value is -1.80. The lowest BCUT2D eigenvalue weighted by molar-refractivity contribution is 0.111. The Labute approximate surface area is 108 Å². The van der Waals surface area contributed by atoms with Crippen molar-refractivity contribution in [2.24, 2.45) is 0 Å². The maximum Gasteiger partial charge on any atom is 0.119 e. The summed E-state index contributed by atoms with van der Waals surface area (Å²) < 4.78 is 5.20. The number of allylic oxidation sites excluding steroid dienone is 1. The van der Waals surface area contributed by atoms with E-state index in [1.165, 1.54) is 0 Å². The van der Waals surface area contributed by atoms with Crippen LogP contribution >= 0.6 is 0 Å². The van der Waals surface area contributed by atoms with Crippen molar-refractivity contribution in [2.75, 3.05) is 7.11 Å². The summed E-state index contributed by atoms with van der Waals surface area (Å²) in [6.45, 7) is 3.69. The van der Waals surface area contributed by atoms with Gasteiger partial charge in [0.15, 0.2) is 0 Å². The molecule has 1 atom stereocenters. The molecule has 0 aromatic heterocycles. The molecule has 0 heterocycles. The van der Waals surface area contributed by atoms with Gasteiger partial charge in [-0.25, -0.2) is 0 Å². The Morgan fingerprint density at radius 1 is 1.11 bits per heavy atom. The normalized spacial score (nSPS) is 14.9. The highest BCUT2D eigenvalue weighted by Gasteiger charge is 2.18. The van der Waals surface area contributed by atoms with E-state index >= 15 is 0 Å². The summed E-state index contributed by atoms with van der Waals surface area (Å²) in [5, 5.41) is 12.5. The first kappa shape index (κ1) is 12.7. The molecule has 0 fully saturated rings. The highest BCUT2D eigenvalue weighted by atomic mass is 16.5. The van der Waals surface area contributed by atoms with E-state index in [9.17, 15) is 5.11 Å². The Balaban J connectivity index is 2.51. The maximum absolute atomic E-state index is 10.3. The van der Waals surface area contributed by atoms with Crippen molar-refractivity contribution in [3.8, 4) is 5.75 Å². The molecule has 2 nitrogen and oxygen atoms in total. The van der Waals surface area contributed by atoms with Crippen LogP contribution in [0.5, 0.6) is 5.75 Å². The fraction of sp³-hybridized carbons (Fsp3) is 0.250. The maximum atomic E-state index is 10.3. The topological polar surface area (TPSA) is 29.5 Å². The first-order valence-corrected chi connectivity index (χ1v) is 6.01.